The van der Waals surface area contributed by atoms with Gasteiger partial charge in [0.15, 0.2) is 0 Å². The third-order valence-electron chi connectivity index (χ3n) is 2.61. The van der Waals surface area contributed by atoms with E-state index < -0.39 is 0 Å². The average molecular weight is 204 g/mol. The highest BCUT2D eigenvalue weighted by Crippen LogP contribution is 2.39. The molecule has 0 aromatic carbocycles. The van der Waals surface area contributed by atoms with Gasteiger partial charge in [-0.05, 0) is 30.4 Å². The van der Waals surface area contributed by atoms with Gasteiger partial charge in [-0.15, -0.1) is 0 Å². The molecule has 0 unspecified atom stereocenters. The van der Waals surface area contributed by atoms with Crippen LogP contribution in [-0.2, 0) is 4.79 Å². The minimum atomic E-state index is -0.00471. The average Bonchev–Trinajstić information content (AvgIpc) is 3.02. The minimum absolute atomic E-state index is 0.00471. The molecule has 0 aliphatic heterocycles. The van der Waals surface area contributed by atoms with Gasteiger partial charge in [-0.3, -0.25) is 4.79 Å². The van der Waals surface area contributed by atoms with Gasteiger partial charge in [0, 0.05) is 12.1 Å². The van der Waals surface area contributed by atoms with Gasteiger partial charge in [0.2, 0.25) is 5.91 Å². The number of rotatable bonds is 3. The van der Waals surface area contributed by atoms with Crippen molar-refractivity contribution < 1.29 is 4.79 Å². The third kappa shape index (κ3) is 2.55. The van der Waals surface area contributed by atoms with E-state index in [9.17, 15) is 4.79 Å². The van der Waals surface area contributed by atoms with Crippen LogP contribution >= 0.6 is 0 Å². The van der Waals surface area contributed by atoms with E-state index in [2.05, 4.69) is 16.4 Å². The molecule has 0 bridgehead atoms. The summed E-state index contributed by atoms with van der Waals surface area (Å²) in [5.74, 6) is 1.38. The fourth-order valence-electron chi connectivity index (χ4n) is 1.41. The molecular weight excluding hydrogens is 188 g/mol. The largest absolute Gasteiger partial charge is 0.310 e. The zero-order chi connectivity index (χ0) is 10.8. The van der Waals surface area contributed by atoms with Gasteiger partial charge in [0.25, 0.3) is 0 Å². The molecule has 1 aliphatic carbocycles. The van der Waals surface area contributed by atoms with Crippen LogP contribution in [0.2, 0.25) is 0 Å². The van der Waals surface area contributed by atoms with Crippen molar-refractivity contribution in [1.82, 2.24) is 4.98 Å². The van der Waals surface area contributed by atoms with E-state index in [1.165, 1.54) is 18.4 Å². The maximum absolute atomic E-state index is 11.4. The van der Waals surface area contributed by atoms with Crippen LogP contribution in [0.15, 0.2) is 18.3 Å². The number of aromatic nitrogens is 1. The second-order valence-corrected chi connectivity index (χ2v) is 4.39. The van der Waals surface area contributed by atoms with Crippen molar-refractivity contribution in [2.75, 3.05) is 5.32 Å². The first-order valence-corrected chi connectivity index (χ1v) is 5.43. The Bertz CT molecular complexity index is 352. The van der Waals surface area contributed by atoms with Crippen molar-refractivity contribution in [3.63, 3.8) is 0 Å². The van der Waals surface area contributed by atoms with Crippen molar-refractivity contribution >= 4 is 11.7 Å². The zero-order valence-corrected chi connectivity index (χ0v) is 9.16. The summed E-state index contributed by atoms with van der Waals surface area (Å²) in [4.78, 5) is 15.6. The summed E-state index contributed by atoms with van der Waals surface area (Å²) in [5.41, 5.74) is 1.29. The predicted octanol–water partition coefficient (Wildman–Crippen LogP) is 2.55. The molecule has 1 aliphatic rings. The highest BCUT2D eigenvalue weighted by molar-refractivity contribution is 5.91. The first-order valence-electron chi connectivity index (χ1n) is 5.43. The number of amides is 1. The number of anilines is 1. The number of carbonyl (C=O) groups excluding carboxylic acids is 1. The molecule has 0 spiro atoms. The lowest BCUT2D eigenvalue weighted by molar-refractivity contribution is -0.118. The molecule has 0 atom stereocenters. The van der Waals surface area contributed by atoms with E-state index in [1.807, 2.05) is 26.1 Å². The van der Waals surface area contributed by atoms with Gasteiger partial charge in [0.05, 0.1) is 0 Å². The van der Waals surface area contributed by atoms with Gasteiger partial charge in [-0.2, -0.15) is 0 Å². The lowest BCUT2D eigenvalue weighted by Crippen LogP contribution is -2.18. The Morgan fingerprint density at radius 2 is 2.20 bits per heavy atom. The molecule has 0 radical (unpaired) electrons. The predicted molar refractivity (Wildman–Crippen MR) is 59.7 cm³/mol. The standard InChI is InChI=1S/C12H16N2O/c1-8(2)12(15)14-11-6-5-10(7-13-11)9-3-4-9/h5-9H,3-4H2,1-2H3,(H,13,14,15). The smallest absolute Gasteiger partial charge is 0.228 e. The summed E-state index contributed by atoms with van der Waals surface area (Å²) in [5, 5.41) is 2.78. The van der Waals surface area contributed by atoms with E-state index >= 15 is 0 Å². The molecule has 1 N–H and O–H groups in total. The highest BCUT2D eigenvalue weighted by Gasteiger charge is 2.23. The number of pyridine rings is 1. The van der Waals surface area contributed by atoms with Gasteiger partial charge in [-0.25, -0.2) is 4.98 Å². The van der Waals surface area contributed by atoms with Crippen molar-refractivity contribution in [2.24, 2.45) is 5.92 Å². The zero-order valence-electron chi connectivity index (χ0n) is 9.16. The lowest BCUT2D eigenvalue weighted by Gasteiger charge is -2.07. The van der Waals surface area contributed by atoms with Crippen LogP contribution in [0.5, 0.6) is 0 Å². The molecular formula is C12H16N2O. The van der Waals surface area contributed by atoms with Crippen LogP contribution in [0.1, 0.15) is 38.2 Å². The first-order chi connectivity index (χ1) is 7.16. The van der Waals surface area contributed by atoms with E-state index in [-0.39, 0.29) is 11.8 Å². The molecule has 15 heavy (non-hydrogen) atoms. The maximum atomic E-state index is 11.4. The molecule has 0 saturated heterocycles. The summed E-state index contributed by atoms with van der Waals surface area (Å²) in [6, 6.07) is 3.94. The Labute approximate surface area is 89.9 Å². The van der Waals surface area contributed by atoms with E-state index in [1.54, 1.807) is 0 Å². The molecule has 3 nitrogen and oxygen atoms in total. The summed E-state index contributed by atoms with van der Waals surface area (Å²) in [6.45, 7) is 3.74. The van der Waals surface area contributed by atoms with E-state index in [0.29, 0.717) is 11.7 Å². The van der Waals surface area contributed by atoms with Crippen LogP contribution in [0.25, 0.3) is 0 Å². The lowest BCUT2D eigenvalue weighted by atomic mass is 10.2. The highest BCUT2D eigenvalue weighted by atomic mass is 16.1. The Morgan fingerprint density at radius 1 is 1.47 bits per heavy atom. The van der Waals surface area contributed by atoms with Crippen molar-refractivity contribution in [1.29, 1.82) is 0 Å². The molecule has 1 aromatic rings. The molecule has 1 amide bonds. The van der Waals surface area contributed by atoms with Gasteiger partial charge >= 0.3 is 0 Å². The van der Waals surface area contributed by atoms with Crippen LogP contribution < -0.4 is 5.32 Å². The number of hydrogen-bond acceptors (Lipinski definition) is 2. The topological polar surface area (TPSA) is 42.0 Å². The van der Waals surface area contributed by atoms with Gasteiger partial charge < -0.3 is 5.32 Å². The quantitative estimate of drug-likeness (QED) is 0.822. The van der Waals surface area contributed by atoms with Crippen LogP contribution in [0.3, 0.4) is 0 Å². The van der Waals surface area contributed by atoms with E-state index in [4.69, 9.17) is 0 Å². The molecule has 3 heteroatoms. The fraction of sp³-hybridized carbons (Fsp3) is 0.500. The van der Waals surface area contributed by atoms with E-state index in [0.717, 1.165) is 0 Å². The van der Waals surface area contributed by atoms with Gasteiger partial charge in [-0.1, -0.05) is 19.9 Å². The third-order valence-corrected chi connectivity index (χ3v) is 2.61. The van der Waals surface area contributed by atoms with Crippen LogP contribution in [-0.4, -0.2) is 10.9 Å². The summed E-state index contributed by atoms with van der Waals surface area (Å²) in [6.07, 6.45) is 4.42. The maximum Gasteiger partial charge on any atom is 0.228 e. The molecule has 1 saturated carbocycles. The monoisotopic (exact) mass is 204 g/mol. The second kappa shape index (κ2) is 4.01. The summed E-state index contributed by atoms with van der Waals surface area (Å²) >= 11 is 0. The summed E-state index contributed by atoms with van der Waals surface area (Å²) < 4.78 is 0. The number of nitrogens with one attached hydrogen (secondary N) is 1. The number of carbonyl (C=O) groups is 1. The molecule has 1 fully saturated rings. The first kappa shape index (κ1) is 10.1. The Morgan fingerprint density at radius 3 is 2.67 bits per heavy atom. The SMILES string of the molecule is CC(C)C(=O)Nc1ccc(C2CC2)cn1. The van der Waals surface area contributed by atoms with Crippen LogP contribution in [0, 0.1) is 5.92 Å². The molecule has 80 valence electrons. The fourth-order valence-corrected chi connectivity index (χ4v) is 1.41. The van der Waals surface area contributed by atoms with Crippen molar-refractivity contribution in [2.45, 2.75) is 32.6 Å². The van der Waals surface area contributed by atoms with Crippen LogP contribution in [0.4, 0.5) is 5.82 Å². The van der Waals surface area contributed by atoms with Gasteiger partial charge in [0.1, 0.15) is 5.82 Å². The minimum Gasteiger partial charge on any atom is -0.310 e. The number of nitrogens with zero attached hydrogens (tertiary/aromatic N) is 1. The second-order valence-electron chi connectivity index (χ2n) is 4.39. The summed E-state index contributed by atoms with van der Waals surface area (Å²) in [7, 11) is 0. The van der Waals surface area contributed by atoms with Crippen molar-refractivity contribution in [3.05, 3.63) is 23.9 Å². The number of hydrogen-bond donors (Lipinski definition) is 1. The Kier molecular flexibility index (Phi) is 2.71. The Balaban J connectivity index is 2.00. The van der Waals surface area contributed by atoms with Crippen molar-refractivity contribution in [3.8, 4) is 0 Å². The Hall–Kier alpha value is -1.38. The molecule has 1 aromatic heterocycles. The molecule has 2 rings (SSSR count). The molecule has 1 heterocycles. The normalized spacial score (nSPS) is 15.4.